The normalized spacial score (nSPS) is 17.4. The fourth-order valence-electron chi connectivity index (χ4n) is 2.77. The Morgan fingerprint density at radius 2 is 1.89 bits per heavy atom. The Hall–Kier alpha value is -1.79. The molecule has 0 spiro atoms. The molecule has 1 aliphatic carbocycles. The molecule has 1 aliphatic rings. The summed E-state index contributed by atoms with van der Waals surface area (Å²) in [6.07, 6.45) is 1.69. The minimum Gasteiger partial charge on any atom is -0.396 e. The number of nitrogen functional groups attached to an aromatic ring is 1. The first kappa shape index (κ1) is 12.3. The number of fused-ring (bicyclic) bond motifs is 1. The van der Waals surface area contributed by atoms with Gasteiger partial charge in [-0.1, -0.05) is 12.8 Å². The van der Waals surface area contributed by atoms with Gasteiger partial charge in [0, 0.05) is 5.92 Å². The molecule has 2 N–H and O–H groups in total. The fraction of sp³-hybridized carbons (Fsp3) is 0.500. The van der Waals surface area contributed by atoms with E-state index in [0.29, 0.717) is 11.4 Å². The number of hydrogen-bond donors (Lipinski definition) is 1. The van der Waals surface area contributed by atoms with Crippen LogP contribution in [0.15, 0.2) is 12.4 Å². The molecule has 3 rings (SSSR count). The molecule has 2 heterocycles. The Balaban J connectivity index is 2.21. The highest BCUT2D eigenvalue weighted by Crippen LogP contribution is 2.38. The first-order chi connectivity index (χ1) is 8.98. The van der Waals surface area contributed by atoms with Crippen molar-refractivity contribution in [3.8, 4) is 0 Å². The number of anilines is 1. The summed E-state index contributed by atoms with van der Waals surface area (Å²) < 4.78 is 39.8. The van der Waals surface area contributed by atoms with Gasteiger partial charge < -0.3 is 5.73 Å². The Kier molecular flexibility index (Phi) is 2.65. The highest BCUT2D eigenvalue weighted by atomic mass is 19.4. The lowest BCUT2D eigenvalue weighted by Crippen LogP contribution is -2.11. The number of nitrogens with zero attached hydrogens (tertiary/aromatic N) is 3. The van der Waals surface area contributed by atoms with E-state index in [0.717, 1.165) is 31.9 Å². The number of alkyl halides is 3. The van der Waals surface area contributed by atoms with Crippen LogP contribution in [0, 0.1) is 0 Å². The Bertz CT molecular complexity index is 611. The van der Waals surface area contributed by atoms with Gasteiger partial charge in [0.25, 0.3) is 0 Å². The lowest BCUT2D eigenvalue weighted by Gasteiger charge is -2.14. The molecule has 0 radical (unpaired) electrons. The van der Waals surface area contributed by atoms with Crippen LogP contribution in [0.1, 0.15) is 42.9 Å². The van der Waals surface area contributed by atoms with Crippen LogP contribution in [0.2, 0.25) is 0 Å². The molecular formula is C12H13F3N4. The van der Waals surface area contributed by atoms with Gasteiger partial charge in [-0.05, 0) is 12.8 Å². The molecule has 19 heavy (non-hydrogen) atoms. The first-order valence-electron chi connectivity index (χ1n) is 6.18. The number of rotatable bonds is 1. The van der Waals surface area contributed by atoms with Gasteiger partial charge in [0.15, 0.2) is 5.65 Å². The zero-order chi connectivity index (χ0) is 13.6. The third kappa shape index (κ3) is 1.93. The van der Waals surface area contributed by atoms with Crippen LogP contribution in [-0.4, -0.2) is 14.6 Å². The maximum absolute atomic E-state index is 12.8. The summed E-state index contributed by atoms with van der Waals surface area (Å²) in [5, 5.41) is 3.84. The van der Waals surface area contributed by atoms with Gasteiger partial charge in [0.2, 0.25) is 0 Å². The Labute approximate surface area is 107 Å². The SMILES string of the molecule is Nc1cnc2c(C(F)(F)F)cnn2c1C1CCCC1. The molecule has 7 heteroatoms. The van der Waals surface area contributed by atoms with Gasteiger partial charge in [-0.15, -0.1) is 0 Å². The Morgan fingerprint density at radius 3 is 2.53 bits per heavy atom. The molecule has 4 nitrogen and oxygen atoms in total. The summed E-state index contributed by atoms with van der Waals surface area (Å²) in [5.41, 5.74) is 5.98. The topological polar surface area (TPSA) is 56.2 Å². The molecule has 0 bridgehead atoms. The molecule has 0 unspecified atom stereocenters. The zero-order valence-corrected chi connectivity index (χ0v) is 10.1. The van der Waals surface area contributed by atoms with E-state index in [4.69, 9.17) is 5.73 Å². The quantitative estimate of drug-likeness (QED) is 0.866. The molecule has 2 aromatic rings. The van der Waals surface area contributed by atoms with Crippen LogP contribution in [0.3, 0.4) is 0 Å². The van der Waals surface area contributed by atoms with Crippen molar-refractivity contribution in [3.63, 3.8) is 0 Å². The largest absolute Gasteiger partial charge is 0.421 e. The van der Waals surface area contributed by atoms with Gasteiger partial charge >= 0.3 is 6.18 Å². The van der Waals surface area contributed by atoms with Crippen LogP contribution in [0.25, 0.3) is 5.65 Å². The van der Waals surface area contributed by atoms with E-state index in [1.54, 1.807) is 0 Å². The highest BCUT2D eigenvalue weighted by Gasteiger charge is 2.36. The molecule has 2 aromatic heterocycles. The standard InChI is InChI=1S/C12H13F3N4/c13-12(14,15)8-5-18-19-10(7-3-1-2-4-7)9(16)6-17-11(8)19/h5-7H,1-4,16H2. The maximum Gasteiger partial charge on any atom is 0.421 e. The molecule has 102 valence electrons. The summed E-state index contributed by atoms with van der Waals surface area (Å²) in [4.78, 5) is 3.79. The van der Waals surface area contributed by atoms with Crippen molar-refractivity contribution in [3.05, 3.63) is 23.7 Å². The van der Waals surface area contributed by atoms with Crippen molar-refractivity contribution in [2.24, 2.45) is 0 Å². The zero-order valence-electron chi connectivity index (χ0n) is 10.1. The average Bonchev–Trinajstić information content (AvgIpc) is 2.94. The smallest absolute Gasteiger partial charge is 0.396 e. The van der Waals surface area contributed by atoms with Crippen molar-refractivity contribution in [2.45, 2.75) is 37.8 Å². The molecular weight excluding hydrogens is 257 g/mol. The van der Waals surface area contributed by atoms with Crippen LogP contribution in [0.4, 0.5) is 18.9 Å². The van der Waals surface area contributed by atoms with Crippen LogP contribution in [-0.2, 0) is 6.18 Å². The van der Waals surface area contributed by atoms with Crippen molar-refractivity contribution in [1.82, 2.24) is 14.6 Å². The molecule has 0 saturated heterocycles. The second-order valence-corrected chi connectivity index (χ2v) is 4.87. The minimum absolute atomic E-state index is 0.163. The van der Waals surface area contributed by atoms with Gasteiger partial charge in [-0.2, -0.15) is 18.3 Å². The van der Waals surface area contributed by atoms with Gasteiger partial charge in [0.1, 0.15) is 5.56 Å². The summed E-state index contributed by atoms with van der Waals surface area (Å²) in [6.45, 7) is 0. The van der Waals surface area contributed by atoms with Crippen molar-refractivity contribution in [1.29, 1.82) is 0 Å². The number of hydrogen-bond acceptors (Lipinski definition) is 3. The van der Waals surface area contributed by atoms with Crippen LogP contribution < -0.4 is 5.73 Å². The number of aromatic nitrogens is 3. The second kappa shape index (κ2) is 4.11. The van der Waals surface area contributed by atoms with Crippen molar-refractivity contribution >= 4 is 11.3 Å². The van der Waals surface area contributed by atoms with E-state index < -0.39 is 11.7 Å². The number of nitrogens with two attached hydrogens (primary N) is 1. The monoisotopic (exact) mass is 270 g/mol. The molecule has 0 atom stereocenters. The average molecular weight is 270 g/mol. The number of halogens is 3. The van der Waals surface area contributed by atoms with Gasteiger partial charge in [-0.3, -0.25) is 0 Å². The van der Waals surface area contributed by atoms with E-state index in [1.807, 2.05) is 0 Å². The van der Waals surface area contributed by atoms with Crippen molar-refractivity contribution in [2.75, 3.05) is 5.73 Å². The van der Waals surface area contributed by atoms with E-state index in [-0.39, 0.29) is 11.6 Å². The fourth-order valence-corrected chi connectivity index (χ4v) is 2.77. The van der Waals surface area contributed by atoms with Gasteiger partial charge in [-0.25, -0.2) is 9.50 Å². The summed E-state index contributed by atoms with van der Waals surface area (Å²) in [5.74, 6) is 0.173. The second-order valence-electron chi connectivity index (χ2n) is 4.87. The van der Waals surface area contributed by atoms with E-state index >= 15 is 0 Å². The predicted molar refractivity (Wildman–Crippen MR) is 63.6 cm³/mol. The lowest BCUT2D eigenvalue weighted by molar-refractivity contribution is -0.136. The van der Waals surface area contributed by atoms with Gasteiger partial charge in [0.05, 0.1) is 23.8 Å². The van der Waals surface area contributed by atoms with Crippen LogP contribution in [0.5, 0.6) is 0 Å². The maximum atomic E-state index is 12.8. The highest BCUT2D eigenvalue weighted by molar-refractivity contribution is 5.55. The summed E-state index contributed by atoms with van der Waals surface area (Å²) in [6, 6.07) is 0. The third-order valence-corrected chi connectivity index (χ3v) is 3.64. The lowest BCUT2D eigenvalue weighted by atomic mass is 10.0. The van der Waals surface area contributed by atoms with Crippen LogP contribution >= 0.6 is 0 Å². The predicted octanol–water partition coefficient (Wildman–Crippen LogP) is 2.99. The molecule has 1 fully saturated rings. The first-order valence-corrected chi connectivity index (χ1v) is 6.18. The third-order valence-electron chi connectivity index (χ3n) is 3.64. The molecule has 1 saturated carbocycles. The van der Waals surface area contributed by atoms with E-state index in [1.165, 1.54) is 10.7 Å². The van der Waals surface area contributed by atoms with E-state index in [2.05, 4.69) is 10.1 Å². The molecule has 0 aliphatic heterocycles. The molecule has 0 amide bonds. The van der Waals surface area contributed by atoms with E-state index in [9.17, 15) is 13.2 Å². The van der Waals surface area contributed by atoms with Crippen molar-refractivity contribution < 1.29 is 13.2 Å². The molecule has 0 aromatic carbocycles. The summed E-state index contributed by atoms with van der Waals surface area (Å²) in [7, 11) is 0. The summed E-state index contributed by atoms with van der Waals surface area (Å²) >= 11 is 0. The Morgan fingerprint density at radius 1 is 1.21 bits per heavy atom. The minimum atomic E-state index is -4.45.